The molecular weight excluding hydrogens is 248 g/mol. The maximum atomic E-state index is 5.93. The van der Waals surface area contributed by atoms with Crippen LogP contribution in [0.2, 0.25) is 0 Å². The predicted octanol–water partition coefficient (Wildman–Crippen LogP) is 4.68. The predicted molar refractivity (Wildman–Crippen MR) is 88.4 cm³/mol. The third kappa shape index (κ3) is 5.72. The van der Waals surface area contributed by atoms with Gasteiger partial charge in [0, 0.05) is 18.3 Å². The summed E-state index contributed by atoms with van der Waals surface area (Å²) in [6, 6.07) is 5.93. The Morgan fingerprint density at radius 2 is 2.00 bits per heavy atom. The van der Waals surface area contributed by atoms with E-state index in [0.29, 0.717) is 5.69 Å². The number of unbranched alkanes of at least 4 members (excludes halogenated alkanes) is 1. The Balaban J connectivity index is 2.58. The van der Waals surface area contributed by atoms with E-state index >= 15 is 0 Å². The molecular formula is C17H30N2O. The summed E-state index contributed by atoms with van der Waals surface area (Å²) >= 11 is 0. The molecule has 0 saturated heterocycles. The van der Waals surface area contributed by atoms with Crippen LogP contribution in [0.1, 0.15) is 53.4 Å². The number of nitrogens with one attached hydrogen (secondary N) is 1. The molecule has 0 aliphatic rings. The third-order valence-corrected chi connectivity index (χ3v) is 3.51. The molecule has 1 aromatic carbocycles. The van der Waals surface area contributed by atoms with Gasteiger partial charge in [-0.05, 0) is 38.3 Å². The second-order valence-electron chi connectivity index (χ2n) is 5.72. The van der Waals surface area contributed by atoms with Crippen LogP contribution in [0.5, 0.6) is 5.75 Å². The molecule has 1 aromatic rings. The van der Waals surface area contributed by atoms with Crippen LogP contribution in [0.25, 0.3) is 0 Å². The lowest BCUT2D eigenvalue weighted by Crippen LogP contribution is -2.14. The number of ether oxygens (including phenoxy) is 1. The highest BCUT2D eigenvalue weighted by Gasteiger charge is 2.08. The summed E-state index contributed by atoms with van der Waals surface area (Å²) in [5.74, 6) is 1.51. The van der Waals surface area contributed by atoms with Gasteiger partial charge in [0.25, 0.3) is 0 Å². The maximum Gasteiger partial charge on any atom is 0.144 e. The van der Waals surface area contributed by atoms with Gasteiger partial charge in [-0.3, -0.25) is 0 Å². The largest absolute Gasteiger partial charge is 0.489 e. The Morgan fingerprint density at radius 1 is 1.25 bits per heavy atom. The van der Waals surface area contributed by atoms with E-state index in [1.165, 1.54) is 25.7 Å². The Labute approximate surface area is 123 Å². The molecule has 0 bridgehead atoms. The van der Waals surface area contributed by atoms with Gasteiger partial charge < -0.3 is 15.8 Å². The summed E-state index contributed by atoms with van der Waals surface area (Å²) in [6.45, 7) is 9.55. The van der Waals surface area contributed by atoms with Crippen LogP contribution in [0.3, 0.4) is 0 Å². The van der Waals surface area contributed by atoms with E-state index in [-0.39, 0.29) is 6.10 Å². The van der Waals surface area contributed by atoms with Crippen LogP contribution in [-0.4, -0.2) is 12.6 Å². The van der Waals surface area contributed by atoms with Gasteiger partial charge in [-0.25, -0.2) is 0 Å². The van der Waals surface area contributed by atoms with Crippen molar-refractivity contribution in [2.75, 3.05) is 17.6 Å². The minimum atomic E-state index is 0.139. The van der Waals surface area contributed by atoms with Gasteiger partial charge in [-0.1, -0.05) is 33.1 Å². The average molecular weight is 278 g/mol. The van der Waals surface area contributed by atoms with E-state index in [1.807, 2.05) is 32.0 Å². The summed E-state index contributed by atoms with van der Waals surface area (Å²) in [7, 11) is 0. The Bertz CT molecular complexity index is 391. The highest BCUT2D eigenvalue weighted by atomic mass is 16.5. The lowest BCUT2D eigenvalue weighted by Gasteiger charge is -2.18. The van der Waals surface area contributed by atoms with E-state index in [0.717, 1.165) is 23.9 Å². The molecule has 1 rings (SSSR count). The molecule has 0 aliphatic carbocycles. The highest BCUT2D eigenvalue weighted by molar-refractivity contribution is 5.61. The zero-order chi connectivity index (χ0) is 15.0. The quantitative estimate of drug-likeness (QED) is 0.644. The van der Waals surface area contributed by atoms with Crippen LogP contribution in [0, 0.1) is 5.92 Å². The van der Waals surface area contributed by atoms with Crippen LogP contribution >= 0.6 is 0 Å². The molecule has 0 amide bonds. The number of hydrogen-bond acceptors (Lipinski definition) is 3. The lowest BCUT2D eigenvalue weighted by atomic mass is 9.99. The van der Waals surface area contributed by atoms with E-state index in [4.69, 9.17) is 10.5 Å². The van der Waals surface area contributed by atoms with Crippen LogP contribution < -0.4 is 15.8 Å². The van der Waals surface area contributed by atoms with E-state index in [2.05, 4.69) is 19.2 Å². The molecule has 0 heterocycles. The van der Waals surface area contributed by atoms with Gasteiger partial charge in [-0.15, -0.1) is 0 Å². The zero-order valence-electron chi connectivity index (χ0n) is 13.4. The topological polar surface area (TPSA) is 47.3 Å². The van der Waals surface area contributed by atoms with Crippen molar-refractivity contribution in [2.45, 2.75) is 59.5 Å². The molecule has 3 nitrogen and oxygen atoms in total. The fraction of sp³-hybridized carbons (Fsp3) is 0.647. The van der Waals surface area contributed by atoms with Crippen molar-refractivity contribution < 1.29 is 4.74 Å². The highest BCUT2D eigenvalue weighted by Crippen LogP contribution is 2.27. The Morgan fingerprint density at radius 3 is 2.60 bits per heavy atom. The van der Waals surface area contributed by atoms with Gasteiger partial charge in [0.15, 0.2) is 0 Å². The monoisotopic (exact) mass is 278 g/mol. The standard InChI is InChI=1S/C17H30N2O/c1-5-7-8-14(6-2)12-19-15-9-10-16(18)17(11-15)20-13(3)4/h9-11,13-14,19H,5-8,12,18H2,1-4H3. The first-order valence-corrected chi connectivity index (χ1v) is 7.86. The SMILES string of the molecule is CCCCC(CC)CNc1ccc(N)c(OC(C)C)c1. The van der Waals surface area contributed by atoms with E-state index in [9.17, 15) is 0 Å². The van der Waals surface area contributed by atoms with Gasteiger partial charge in [0.1, 0.15) is 5.75 Å². The summed E-state index contributed by atoms with van der Waals surface area (Å²) in [6.07, 6.45) is 5.23. The summed E-state index contributed by atoms with van der Waals surface area (Å²) < 4.78 is 5.72. The number of hydrogen-bond donors (Lipinski definition) is 2. The van der Waals surface area contributed by atoms with Crippen LogP contribution in [-0.2, 0) is 0 Å². The maximum absolute atomic E-state index is 5.93. The first kappa shape index (κ1) is 16.7. The van der Waals surface area contributed by atoms with E-state index in [1.54, 1.807) is 0 Å². The zero-order valence-corrected chi connectivity index (χ0v) is 13.4. The second-order valence-corrected chi connectivity index (χ2v) is 5.72. The molecule has 0 spiro atoms. The van der Waals surface area contributed by atoms with Crippen molar-refractivity contribution >= 4 is 11.4 Å². The van der Waals surface area contributed by atoms with Crippen LogP contribution in [0.15, 0.2) is 18.2 Å². The smallest absolute Gasteiger partial charge is 0.144 e. The molecule has 0 aliphatic heterocycles. The lowest BCUT2D eigenvalue weighted by molar-refractivity contribution is 0.244. The number of rotatable bonds is 9. The fourth-order valence-corrected chi connectivity index (χ4v) is 2.21. The van der Waals surface area contributed by atoms with Gasteiger partial charge in [0.2, 0.25) is 0 Å². The van der Waals surface area contributed by atoms with Crippen molar-refractivity contribution in [3.8, 4) is 5.75 Å². The first-order valence-electron chi connectivity index (χ1n) is 7.86. The number of anilines is 2. The first-order chi connectivity index (χ1) is 9.56. The summed E-state index contributed by atoms with van der Waals surface area (Å²) in [5.41, 5.74) is 7.72. The molecule has 20 heavy (non-hydrogen) atoms. The molecule has 0 radical (unpaired) electrons. The second kappa shape index (κ2) is 8.72. The van der Waals surface area contributed by atoms with Crippen molar-refractivity contribution in [3.05, 3.63) is 18.2 Å². The molecule has 114 valence electrons. The minimum Gasteiger partial charge on any atom is -0.489 e. The molecule has 0 saturated carbocycles. The molecule has 3 heteroatoms. The van der Waals surface area contributed by atoms with Gasteiger partial charge in [-0.2, -0.15) is 0 Å². The van der Waals surface area contributed by atoms with E-state index < -0.39 is 0 Å². The van der Waals surface area contributed by atoms with Gasteiger partial charge in [0.05, 0.1) is 11.8 Å². The molecule has 0 fully saturated rings. The summed E-state index contributed by atoms with van der Waals surface area (Å²) in [5, 5.41) is 3.51. The summed E-state index contributed by atoms with van der Waals surface area (Å²) in [4.78, 5) is 0. The molecule has 1 unspecified atom stereocenters. The van der Waals surface area contributed by atoms with Crippen molar-refractivity contribution in [3.63, 3.8) is 0 Å². The number of benzene rings is 1. The van der Waals surface area contributed by atoms with Gasteiger partial charge >= 0.3 is 0 Å². The number of nitrogens with two attached hydrogens (primary N) is 1. The molecule has 0 aromatic heterocycles. The van der Waals surface area contributed by atoms with Crippen LogP contribution in [0.4, 0.5) is 11.4 Å². The number of nitrogen functional groups attached to an aromatic ring is 1. The third-order valence-electron chi connectivity index (χ3n) is 3.51. The van der Waals surface area contributed by atoms with Crippen molar-refractivity contribution in [2.24, 2.45) is 5.92 Å². The fourth-order valence-electron chi connectivity index (χ4n) is 2.21. The average Bonchev–Trinajstić information content (AvgIpc) is 2.42. The molecule has 1 atom stereocenters. The Hall–Kier alpha value is -1.38. The minimum absolute atomic E-state index is 0.139. The van der Waals surface area contributed by atoms with Crippen molar-refractivity contribution in [1.29, 1.82) is 0 Å². The molecule has 3 N–H and O–H groups in total. The van der Waals surface area contributed by atoms with Crippen molar-refractivity contribution in [1.82, 2.24) is 0 Å². The normalized spacial score (nSPS) is 12.4. The Kier molecular flexibility index (Phi) is 7.27.